The summed E-state index contributed by atoms with van der Waals surface area (Å²) in [5.74, 6) is 0.901. The fraction of sp³-hybridized carbons (Fsp3) is 0.533. The van der Waals surface area contributed by atoms with Gasteiger partial charge in [0.2, 0.25) is 5.91 Å². The summed E-state index contributed by atoms with van der Waals surface area (Å²) in [6.45, 7) is 4.47. The molecule has 0 aliphatic rings. The molecular weight excluding hydrogens is 256 g/mol. The molecule has 2 N–H and O–H groups in total. The van der Waals surface area contributed by atoms with Crippen LogP contribution < -0.4 is 15.4 Å². The van der Waals surface area contributed by atoms with Crippen LogP contribution >= 0.6 is 0 Å². The molecule has 0 unspecified atom stereocenters. The first-order chi connectivity index (χ1) is 9.67. The highest BCUT2D eigenvalue weighted by atomic mass is 16.5. The predicted octanol–water partition coefficient (Wildman–Crippen LogP) is 1.25. The largest absolute Gasteiger partial charge is 0.496 e. The average molecular weight is 280 g/mol. The molecule has 0 fully saturated rings. The summed E-state index contributed by atoms with van der Waals surface area (Å²) < 4.78 is 10.2. The van der Waals surface area contributed by atoms with Gasteiger partial charge in [-0.15, -0.1) is 0 Å². The molecule has 0 heterocycles. The van der Waals surface area contributed by atoms with Crippen molar-refractivity contribution in [3.8, 4) is 5.75 Å². The number of ether oxygens (including phenoxy) is 2. The second-order valence-corrected chi connectivity index (χ2v) is 4.58. The Hall–Kier alpha value is -1.59. The number of hydrogen-bond donors (Lipinski definition) is 2. The Morgan fingerprint density at radius 3 is 2.75 bits per heavy atom. The fourth-order valence-electron chi connectivity index (χ4n) is 1.85. The molecule has 0 spiro atoms. The van der Waals surface area contributed by atoms with Gasteiger partial charge in [0, 0.05) is 38.7 Å². The first-order valence-electron chi connectivity index (χ1n) is 6.77. The Bertz CT molecular complexity index is 422. The minimum absolute atomic E-state index is 0.0331. The third-order valence-corrected chi connectivity index (χ3v) is 2.91. The first kappa shape index (κ1) is 16.5. The van der Waals surface area contributed by atoms with E-state index >= 15 is 0 Å². The maximum Gasteiger partial charge on any atom is 0.221 e. The van der Waals surface area contributed by atoms with E-state index in [9.17, 15) is 4.79 Å². The molecule has 0 radical (unpaired) electrons. The van der Waals surface area contributed by atoms with Crippen molar-refractivity contribution in [3.63, 3.8) is 0 Å². The molecule has 1 amide bonds. The summed E-state index contributed by atoms with van der Waals surface area (Å²) in [4.78, 5) is 11.5. The van der Waals surface area contributed by atoms with E-state index in [0.717, 1.165) is 11.3 Å². The van der Waals surface area contributed by atoms with Crippen molar-refractivity contribution in [3.05, 3.63) is 29.3 Å². The Kier molecular flexibility index (Phi) is 7.69. The standard InChI is InChI=1S/C15H24N2O3/c1-12-4-5-14(20-3)13(10-12)11-16-7-6-15(18)17-8-9-19-2/h4-5,10,16H,6-9,11H2,1-3H3,(H,17,18). The van der Waals surface area contributed by atoms with Gasteiger partial charge in [-0.3, -0.25) is 4.79 Å². The highest BCUT2D eigenvalue weighted by Gasteiger charge is 2.04. The third-order valence-electron chi connectivity index (χ3n) is 2.91. The van der Waals surface area contributed by atoms with E-state index in [1.165, 1.54) is 5.56 Å². The summed E-state index contributed by atoms with van der Waals surface area (Å²) in [5, 5.41) is 6.04. The number of carbonyl (C=O) groups excluding carboxylic acids is 1. The number of carbonyl (C=O) groups is 1. The van der Waals surface area contributed by atoms with E-state index < -0.39 is 0 Å². The average Bonchev–Trinajstić information content (AvgIpc) is 2.44. The molecular formula is C15H24N2O3. The topological polar surface area (TPSA) is 59.6 Å². The van der Waals surface area contributed by atoms with E-state index in [-0.39, 0.29) is 5.91 Å². The van der Waals surface area contributed by atoms with Crippen LogP contribution in [0.4, 0.5) is 0 Å². The predicted molar refractivity (Wildman–Crippen MR) is 78.9 cm³/mol. The van der Waals surface area contributed by atoms with Crippen molar-refractivity contribution in [2.45, 2.75) is 19.9 Å². The van der Waals surface area contributed by atoms with E-state index in [0.29, 0.717) is 32.7 Å². The number of nitrogens with one attached hydrogen (secondary N) is 2. The van der Waals surface area contributed by atoms with Crippen LogP contribution in [0, 0.1) is 6.92 Å². The molecule has 20 heavy (non-hydrogen) atoms. The Morgan fingerprint density at radius 2 is 2.05 bits per heavy atom. The van der Waals surface area contributed by atoms with Crippen LogP contribution in [0.2, 0.25) is 0 Å². The maximum atomic E-state index is 11.5. The molecule has 0 aromatic heterocycles. The van der Waals surface area contributed by atoms with Gasteiger partial charge in [0.15, 0.2) is 0 Å². The monoisotopic (exact) mass is 280 g/mol. The van der Waals surface area contributed by atoms with E-state index in [1.807, 2.05) is 19.1 Å². The highest BCUT2D eigenvalue weighted by Crippen LogP contribution is 2.19. The van der Waals surface area contributed by atoms with Crippen LogP contribution in [0.1, 0.15) is 17.5 Å². The lowest BCUT2D eigenvalue weighted by molar-refractivity contribution is -0.121. The Labute approximate surface area is 120 Å². The number of amides is 1. The van der Waals surface area contributed by atoms with Gasteiger partial charge in [-0.2, -0.15) is 0 Å². The Balaban J connectivity index is 2.27. The maximum absolute atomic E-state index is 11.5. The van der Waals surface area contributed by atoms with E-state index in [2.05, 4.69) is 16.7 Å². The second kappa shape index (κ2) is 9.34. The molecule has 0 atom stereocenters. The molecule has 0 saturated heterocycles. The summed E-state index contributed by atoms with van der Waals surface area (Å²) in [7, 11) is 3.28. The number of benzene rings is 1. The van der Waals surface area contributed by atoms with Gasteiger partial charge in [0.05, 0.1) is 13.7 Å². The third kappa shape index (κ3) is 6.04. The van der Waals surface area contributed by atoms with Crippen LogP contribution in [-0.4, -0.2) is 39.8 Å². The first-order valence-corrected chi connectivity index (χ1v) is 6.77. The lowest BCUT2D eigenvalue weighted by atomic mass is 10.1. The molecule has 0 bridgehead atoms. The lowest BCUT2D eigenvalue weighted by Gasteiger charge is -2.10. The van der Waals surface area contributed by atoms with Crippen LogP contribution in [0.5, 0.6) is 5.75 Å². The quantitative estimate of drug-likeness (QED) is 0.668. The normalized spacial score (nSPS) is 10.3. The molecule has 1 aromatic rings. The summed E-state index contributed by atoms with van der Waals surface area (Å²) >= 11 is 0. The minimum Gasteiger partial charge on any atom is -0.496 e. The summed E-state index contributed by atoms with van der Waals surface area (Å²) in [6.07, 6.45) is 0.456. The number of rotatable bonds is 9. The minimum atomic E-state index is 0.0331. The highest BCUT2D eigenvalue weighted by molar-refractivity contribution is 5.76. The lowest BCUT2D eigenvalue weighted by Crippen LogP contribution is -2.30. The van der Waals surface area contributed by atoms with Gasteiger partial charge in [-0.05, 0) is 13.0 Å². The fourth-order valence-corrected chi connectivity index (χ4v) is 1.85. The number of methoxy groups -OCH3 is 2. The van der Waals surface area contributed by atoms with Crippen molar-refractivity contribution >= 4 is 5.91 Å². The summed E-state index contributed by atoms with van der Waals surface area (Å²) in [5.41, 5.74) is 2.30. The van der Waals surface area contributed by atoms with Crippen molar-refractivity contribution < 1.29 is 14.3 Å². The molecule has 5 heteroatoms. The van der Waals surface area contributed by atoms with Crippen LogP contribution in [0.3, 0.4) is 0 Å². The molecule has 5 nitrogen and oxygen atoms in total. The molecule has 0 saturated carbocycles. The second-order valence-electron chi connectivity index (χ2n) is 4.58. The van der Waals surface area contributed by atoms with Gasteiger partial charge in [0.1, 0.15) is 5.75 Å². The molecule has 1 rings (SSSR count). The Morgan fingerprint density at radius 1 is 1.25 bits per heavy atom. The zero-order valence-corrected chi connectivity index (χ0v) is 12.5. The van der Waals surface area contributed by atoms with Crippen LogP contribution in [-0.2, 0) is 16.1 Å². The van der Waals surface area contributed by atoms with Gasteiger partial charge in [-0.25, -0.2) is 0 Å². The van der Waals surface area contributed by atoms with Crippen molar-refractivity contribution in [2.75, 3.05) is 33.9 Å². The van der Waals surface area contributed by atoms with Crippen LogP contribution in [0.25, 0.3) is 0 Å². The van der Waals surface area contributed by atoms with E-state index in [1.54, 1.807) is 14.2 Å². The van der Waals surface area contributed by atoms with Crippen molar-refractivity contribution in [1.82, 2.24) is 10.6 Å². The zero-order valence-electron chi connectivity index (χ0n) is 12.5. The summed E-state index contributed by atoms with van der Waals surface area (Å²) in [6, 6.07) is 6.07. The molecule has 112 valence electrons. The van der Waals surface area contributed by atoms with E-state index in [4.69, 9.17) is 9.47 Å². The SMILES string of the molecule is COCCNC(=O)CCNCc1cc(C)ccc1OC. The van der Waals surface area contributed by atoms with Crippen LogP contribution in [0.15, 0.2) is 18.2 Å². The zero-order chi connectivity index (χ0) is 14.8. The molecule has 0 aliphatic heterocycles. The molecule has 1 aromatic carbocycles. The smallest absolute Gasteiger partial charge is 0.221 e. The van der Waals surface area contributed by atoms with Gasteiger partial charge in [-0.1, -0.05) is 17.7 Å². The van der Waals surface area contributed by atoms with Gasteiger partial charge >= 0.3 is 0 Å². The number of hydrogen-bond acceptors (Lipinski definition) is 4. The van der Waals surface area contributed by atoms with Crippen molar-refractivity contribution in [2.24, 2.45) is 0 Å². The van der Waals surface area contributed by atoms with Crippen molar-refractivity contribution in [1.29, 1.82) is 0 Å². The van der Waals surface area contributed by atoms with Gasteiger partial charge in [0.25, 0.3) is 0 Å². The number of aryl methyl sites for hydroxylation is 1. The van der Waals surface area contributed by atoms with Gasteiger partial charge < -0.3 is 20.1 Å². The molecule has 0 aliphatic carbocycles.